The third-order valence-corrected chi connectivity index (χ3v) is 5.37. The average molecular weight is 494 g/mol. The van der Waals surface area contributed by atoms with Crippen LogP contribution in [0.25, 0.3) is 10.9 Å². The number of carbonyl (C=O) groups is 2. The molecule has 2 amide bonds. The van der Waals surface area contributed by atoms with Crippen molar-refractivity contribution in [3.63, 3.8) is 0 Å². The Labute approximate surface area is 192 Å². The Morgan fingerprint density at radius 2 is 1.77 bits per heavy atom. The number of ether oxygens (including phenoxy) is 2. The molecule has 8 heteroatoms. The van der Waals surface area contributed by atoms with Crippen molar-refractivity contribution in [2.45, 2.75) is 72.3 Å². The third-order valence-electron chi connectivity index (χ3n) is 4.88. The molecule has 1 aliphatic heterocycles. The average Bonchev–Trinajstić information content (AvgIpc) is 2.91. The maximum Gasteiger partial charge on any atom is 0.410 e. The van der Waals surface area contributed by atoms with Crippen LogP contribution in [-0.4, -0.2) is 45.9 Å². The van der Waals surface area contributed by atoms with Gasteiger partial charge in [-0.1, -0.05) is 15.9 Å². The molecule has 1 aromatic carbocycles. The van der Waals surface area contributed by atoms with Gasteiger partial charge in [-0.2, -0.15) is 0 Å². The lowest BCUT2D eigenvalue weighted by Gasteiger charge is -2.31. The summed E-state index contributed by atoms with van der Waals surface area (Å²) in [7, 11) is 0. The van der Waals surface area contributed by atoms with Crippen LogP contribution in [0.3, 0.4) is 0 Å². The van der Waals surface area contributed by atoms with E-state index in [0.29, 0.717) is 26.2 Å². The van der Waals surface area contributed by atoms with Crippen LogP contribution in [0.1, 0.15) is 52.8 Å². The van der Waals surface area contributed by atoms with Gasteiger partial charge in [0.25, 0.3) is 0 Å². The largest absolute Gasteiger partial charge is 0.444 e. The van der Waals surface area contributed by atoms with Gasteiger partial charge in [0.05, 0.1) is 6.54 Å². The van der Waals surface area contributed by atoms with Crippen LogP contribution < -0.4 is 5.32 Å². The van der Waals surface area contributed by atoms with Crippen LogP contribution in [-0.2, 0) is 29.0 Å². The van der Waals surface area contributed by atoms with Crippen molar-refractivity contribution in [2.75, 3.05) is 13.1 Å². The molecule has 31 heavy (non-hydrogen) atoms. The van der Waals surface area contributed by atoms with Gasteiger partial charge in [-0.25, -0.2) is 9.59 Å². The number of nitrogens with zero attached hydrogens (tertiary/aromatic N) is 2. The zero-order chi connectivity index (χ0) is 23.0. The maximum absolute atomic E-state index is 12.7. The van der Waals surface area contributed by atoms with E-state index in [-0.39, 0.29) is 6.09 Å². The molecule has 0 unspecified atom stereocenters. The first kappa shape index (κ1) is 23.4. The molecule has 0 bridgehead atoms. The van der Waals surface area contributed by atoms with Crippen LogP contribution in [0.4, 0.5) is 9.59 Å². The number of nitrogens with one attached hydrogen (secondary N) is 1. The van der Waals surface area contributed by atoms with E-state index in [1.54, 1.807) is 4.90 Å². The Morgan fingerprint density at radius 1 is 1.10 bits per heavy atom. The predicted octanol–water partition coefficient (Wildman–Crippen LogP) is 5.22. The van der Waals surface area contributed by atoms with E-state index in [1.807, 2.05) is 47.6 Å². The number of benzene rings is 1. The van der Waals surface area contributed by atoms with Crippen molar-refractivity contribution in [1.29, 1.82) is 0 Å². The number of carbonyl (C=O) groups excluding carboxylic acids is 2. The molecular formula is C23H32BrN3O4. The lowest BCUT2D eigenvalue weighted by molar-refractivity contribution is 0.0219. The van der Waals surface area contributed by atoms with Crippen LogP contribution in [0.2, 0.25) is 0 Å². The number of amides is 2. The van der Waals surface area contributed by atoms with Crippen molar-refractivity contribution in [1.82, 2.24) is 14.8 Å². The summed E-state index contributed by atoms with van der Waals surface area (Å²) in [5.41, 5.74) is 2.34. The van der Waals surface area contributed by atoms with Gasteiger partial charge in [0.15, 0.2) is 0 Å². The van der Waals surface area contributed by atoms with Crippen LogP contribution in [0.15, 0.2) is 22.7 Å². The van der Waals surface area contributed by atoms with Gasteiger partial charge in [0.1, 0.15) is 11.2 Å². The summed E-state index contributed by atoms with van der Waals surface area (Å²) in [5.74, 6) is 0. The van der Waals surface area contributed by atoms with E-state index in [1.165, 1.54) is 10.9 Å². The Bertz CT molecular complexity index is 985. The quantitative estimate of drug-likeness (QED) is 0.635. The van der Waals surface area contributed by atoms with Gasteiger partial charge in [-0.3, -0.25) is 0 Å². The molecule has 0 radical (unpaired) electrons. The summed E-state index contributed by atoms with van der Waals surface area (Å²) in [6.45, 7) is 13.2. The van der Waals surface area contributed by atoms with E-state index < -0.39 is 17.3 Å². The van der Waals surface area contributed by atoms with Gasteiger partial charge in [0, 0.05) is 40.7 Å². The minimum atomic E-state index is -0.538. The highest BCUT2D eigenvalue weighted by Gasteiger charge is 2.29. The first-order chi connectivity index (χ1) is 14.3. The summed E-state index contributed by atoms with van der Waals surface area (Å²) in [5, 5.41) is 4.00. The maximum atomic E-state index is 12.7. The van der Waals surface area contributed by atoms with Gasteiger partial charge < -0.3 is 24.3 Å². The SMILES string of the molecule is CC(C)(C)OC(=O)NCCn1c2c(c3cc(Br)ccc31)CCN(C(=O)OC(C)(C)C)C2. The Hall–Kier alpha value is -2.22. The summed E-state index contributed by atoms with van der Waals surface area (Å²) in [6.07, 6.45) is 0.0209. The van der Waals surface area contributed by atoms with Crippen LogP contribution in [0, 0.1) is 0 Å². The molecule has 0 aliphatic carbocycles. The van der Waals surface area contributed by atoms with E-state index >= 15 is 0 Å². The van der Waals surface area contributed by atoms with Crippen LogP contribution >= 0.6 is 15.9 Å². The molecule has 0 saturated carbocycles. The molecule has 1 N–H and O–H groups in total. The molecule has 7 nitrogen and oxygen atoms in total. The molecule has 0 saturated heterocycles. The lowest BCUT2D eigenvalue weighted by atomic mass is 10.0. The van der Waals surface area contributed by atoms with E-state index in [2.05, 4.69) is 37.9 Å². The number of halogens is 1. The highest BCUT2D eigenvalue weighted by molar-refractivity contribution is 9.10. The van der Waals surface area contributed by atoms with Crippen molar-refractivity contribution in [3.05, 3.63) is 33.9 Å². The molecule has 0 fully saturated rings. The highest BCUT2D eigenvalue weighted by atomic mass is 79.9. The number of hydrogen-bond acceptors (Lipinski definition) is 4. The molecule has 0 atom stereocenters. The van der Waals surface area contributed by atoms with Gasteiger partial charge in [0.2, 0.25) is 0 Å². The summed E-state index contributed by atoms with van der Waals surface area (Å²) in [6, 6.07) is 6.20. The second-order valence-corrected chi connectivity index (χ2v) is 10.7. The molecular weight excluding hydrogens is 462 g/mol. The monoisotopic (exact) mass is 493 g/mol. The Kier molecular flexibility index (Phi) is 6.60. The molecule has 2 aromatic rings. The van der Waals surface area contributed by atoms with E-state index in [4.69, 9.17) is 9.47 Å². The number of fused-ring (bicyclic) bond motifs is 3. The Morgan fingerprint density at radius 3 is 2.42 bits per heavy atom. The minimum Gasteiger partial charge on any atom is -0.444 e. The van der Waals surface area contributed by atoms with Crippen molar-refractivity contribution in [2.24, 2.45) is 0 Å². The molecule has 1 aromatic heterocycles. The molecule has 1 aliphatic rings. The topological polar surface area (TPSA) is 72.8 Å². The number of alkyl carbamates (subject to hydrolysis) is 1. The van der Waals surface area contributed by atoms with Gasteiger partial charge >= 0.3 is 12.2 Å². The summed E-state index contributed by atoms with van der Waals surface area (Å²) >= 11 is 3.57. The second-order valence-electron chi connectivity index (χ2n) is 9.82. The van der Waals surface area contributed by atoms with E-state index in [0.717, 1.165) is 22.1 Å². The lowest BCUT2D eigenvalue weighted by Crippen LogP contribution is -2.40. The van der Waals surface area contributed by atoms with E-state index in [9.17, 15) is 9.59 Å². The fourth-order valence-corrected chi connectivity index (χ4v) is 4.10. The zero-order valence-electron chi connectivity index (χ0n) is 19.2. The van der Waals surface area contributed by atoms with Crippen LogP contribution in [0.5, 0.6) is 0 Å². The molecule has 3 rings (SSSR count). The number of hydrogen-bond donors (Lipinski definition) is 1. The van der Waals surface area contributed by atoms with Crippen molar-refractivity contribution >= 4 is 39.0 Å². The molecule has 170 valence electrons. The normalized spacial score (nSPS) is 14.4. The van der Waals surface area contributed by atoms with Gasteiger partial charge in [-0.15, -0.1) is 0 Å². The summed E-state index contributed by atoms with van der Waals surface area (Å²) < 4.78 is 14.1. The highest BCUT2D eigenvalue weighted by Crippen LogP contribution is 2.33. The standard InChI is InChI=1S/C23H32BrN3O4/c1-22(2,3)30-20(28)25-10-12-27-18-8-7-15(24)13-17(18)16-9-11-26(14-19(16)27)21(29)31-23(4,5)6/h7-8,13H,9-12,14H2,1-6H3,(H,25,28). The van der Waals surface area contributed by atoms with Crippen molar-refractivity contribution in [3.8, 4) is 0 Å². The molecule has 0 spiro atoms. The Balaban J connectivity index is 1.83. The first-order valence-electron chi connectivity index (χ1n) is 10.6. The zero-order valence-corrected chi connectivity index (χ0v) is 20.8. The molecule has 2 heterocycles. The smallest absolute Gasteiger partial charge is 0.410 e. The predicted molar refractivity (Wildman–Crippen MR) is 124 cm³/mol. The fraction of sp³-hybridized carbons (Fsp3) is 0.565. The minimum absolute atomic E-state index is 0.303. The van der Waals surface area contributed by atoms with Crippen molar-refractivity contribution < 1.29 is 19.1 Å². The number of aromatic nitrogens is 1. The first-order valence-corrected chi connectivity index (χ1v) is 11.4. The number of rotatable bonds is 3. The van der Waals surface area contributed by atoms with Gasteiger partial charge in [-0.05, 0) is 71.7 Å². The fourth-order valence-electron chi connectivity index (χ4n) is 3.74. The second kappa shape index (κ2) is 8.73. The third kappa shape index (κ3) is 5.93. The summed E-state index contributed by atoms with van der Waals surface area (Å²) in [4.78, 5) is 26.4.